The molecule has 0 radical (unpaired) electrons. The Labute approximate surface area is 155 Å². The molecule has 0 spiro atoms. The summed E-state index contributed by atoms with van der Waals surface area (Å²) in [6, 6.07) is 13.2. The molecule has 1 aromatic carbocycles. The zero-order valence-corrected chi connectivity index (χ0v) is 15.3. The molecule has 0 aliphatic rings. The molecule has 1 atom stereocenters. The summed E-state index contributed by atoms with van der Waals surface area (Å²) in [5, 5.41) is 11.3. The molecule has 0 fully saturated rings. The van der Waals surface area contributed by atoms with Crippen molar-refractivity contribution in [3.05, 3.63) is 63.6 Å². The van der Waals surface area contributed by atoms with E-state index in [2.05, 4.69) is 15.5 Å². The van der Waals surface area contributed by atoms with Crippen molar-refractivity contribution < 1.29 is 4.79 Å². The normalized spacial score (nSPS) is 12.1. The summed E-state index contributed by atoms with van der Waals surface area (Å²) in [5.41, 5.74) is 1.06. The smallest absolute Gasteiger partial charge is 0.248 e. The molecule has 6 nitrogen and oxygen atoms in total. The van der Waals surface area contributed by atoms with Crippen LogP contribution in [0.15, 0.2) is 48.8 Å². The summed E-state index contributed by atoms with van der Waals surface area (Å²) in [4.78, 5) is 16.0. The van der Waals surface area contributed by atoms with Gasteiger partial charge in [-0.1, -0.05) is 41.9 Å². The van der Waals surface area contributed by atoms with Gasteiger partial charge in [0.25, 0.3) is 0 Å². The van der Waals surface area contributed by atoms with Gasteiger partial charge in [0.1, 0.15) is 12.4 Å². The zero-order chi connectivity index (χ0) is 17.6. The average Bonchev–Trinajstić information content (AvgIpc) is 3.30. The summed E-state index contributed by atoms with van der Waals surface area (Å²) in [7, 11) is 0. The number of aromatic nitrogens is 4. The van der Waals surface area contributed by atoms with Crippen molar-refractivity contribution in [2.24, 2.45) is 0 Å². The van der Waals surface area contributed by atoms with Crippen LogP contribution >= 0.6 is 22.9 Å². The summed E-state index contributed by atoms with van der Waals surface area (Å²) >= 11 is 7.49. The van der Waals surface area contributed by atoms with Gasteiger partial charge in [0.15, 0.2) is 0 Å². The molecule has 2 heterocycles. The van der Waals surface area contributed by atoms with Crippen LogP contribution in [0.4, 0.5) is 0 Å². The lowest BCUT2D eigenvalue weighted by atomic mass is 10.0. The third kappa shape index (κ3) is 4.43. The number of hydrogen-bond donors (Lipinski definition) is 0. The first-order valence-corrected chi connectivity index (χ1v) is 9.16. The lowest BCUT2D eigenvalue weighted by molar-refractivity contribution is -0.135. The van der Waals surface area contributed by atoms with Gasteiger partial charge in [0.2, 0.25) is 5.91 Å². The molecule has 0 bridgehead atoms. The Morgan fingerprint density at radius 3 is 2.68 bits per heavy atom. The standard InChI is InChI=1S/C17H18ClN5OS/c1-2-22(11-14-8-9-16(18)25-14)17(24)15(23-12-19-20-21-23)10-13-6-4-3-5-7-13/h3-9,12,15H,2,10-11H2,1H3. The van der Waals surface area contributed by atoms with Crippen molar-refractivity contribution in [3.63, 3.8) is 0 Å². The van der Waals surface area contributed by atoms with E-state index in [0.717, 1.165) is 14.8 Å². The van der Waals surface area contributed by atoms with Gasteiger partial charge < -0.3 is 4.90 Å². The second-order valence-electron chi connectivity index (χ2n) is 5.55. The van der Waals surface area contributed by atoms with E-state index in [0.29, 0.717) is 19.5 Å². The van der Waals surface area contributed by atoms with Gasteiger partial charge in [-0.15, -0.1) is 16.4 Å². The number of benzene rings is 1. The minimum atomic E-state index is -0.479. The van der Waals surface area contributed by atoms with Crippen LogP contribution in [0.5, 0.6) is 0 Å². The van der Waals surface area contributed by atoms with Gasteiger partial charge in [-0.25, -0.2) is 4.68 Å². The summed E-state index contributed by atoms with van der Waals surface area (Å²) < 4.78 is 2.25. The Hall–Kier alpha value is -2.25. The highest BCUT2D eigenvalue weighted by atomic mass is 35.5. The van der Waals surface area contributed by atoms with E-state index in [-0.39, 0.29) is 5.91 Å². The number of carbonyl (C=O) groups is 1. The number of thiophene rings is 1. The average molecular weight is 376 g/mol. The first kappa shape index (κ1) is 17.6. The SMILES string of the molecule is CCN(Cc1ccc(Cl)s1)C(=O)C(Cc1ccccc1)n1cnnn1. The first-order chi connectivity index (χ1) is 12.2. The van der Waals surface area contributed by atoms with Crippen LogP contribution in [0.3, 0.4) is 0 Å². The maximum absolute atomic E-state index is 13.2. The lowest BCUT2D eigenvalue weighted by Crippen LogP contribution is -2.38. The number of carbonyl (C=O) groups excluding carboxylic acids is 1. The molecule has 2 aromatic heterocycles. The van der Waals surface area contributed by atoms with Crippen molar-refractivity contribution in [2.45, 2.75) is 25.9 Å². The second kappa shape index (κ2) is 8.22. The topological polar surface area (TPSA) is 63.9 Å². The highest BCUT2D eigenvalue weighted by Crippen LogP contribution is 2.24. The molecule has 0 saturated carbocycles. The third-order valence-electron chi connectivity index (χ3n) is 3.91. The predicted octanol–water partition coefficient (Wildman–Crippen LogP) is 3.22. The van der Waals surface area contributed by atoms with Gasteiger partial charge in [0.05, 0.1) is 10.9 Å². The second-order valence-corrected chi connectivity index (χ2v) is 7.35. The summed E-state index contributed by atoms with van der Waals surface area (Å²) in [6.45, 7) is 3.09. The quantitative estimate of drug-likeness (QED) is 0.636. The third-order valence-corrected chi connectivity index (χ3v) is 5.13. The van der Waals surface area contributed by atoms with E-state index < -0.39 is 6.04 Å². The minimum Gasteiger partial charge on any atom is -0.336 e. The molecule has 3 aromatic rings. The van der Waals surface area contributed by atoms with Crippen LogP contribution in [-0.2, 0) is 17.8 Å². The van der Waals surface area contributed by atoms with Crippen molar-refractivity contribution in [2.75, 3.05) is 6.54 Å². The maximum atomic E-state index is 13.2. The number of rotatable bonds is 7. The van der Waals surface area contributed by atoms with Crippen molar-refractivity contribution in [1.29, 1.82) is 0 Å². The van der Waals surface area contributed by atoms with Crippen LogP contribution in [-0.4, -0.2) is 37.6 Å². The molecule has 25 heavy (non-hydrogen) atoms. The van der Waals surface area contributed by atoms with Crippen LogP contribution in [0.1, 0.15) is 23.4 Å². The Morgan fingerprint density at radius 1 is 1.28 bits per heavy atom. The van der Waals surface area contributed by atoms with Gasteiger partial charge in [0, 0.05) is 17.8 Å². The minimum absolute atomic E-state index is 0.0109. The highest BCUT2D eigenvalue weighted by molar-refractivity contribution is 7.16. The van der Waals surface area contributed by atoms with E-state index in [1.807, 2.05) is 49.4 Å². The largest absolute Gasteiger partial charge is 0.336 e. The van der Waals surface area contributed by atoms with Crippen LogP contribution in [0.25, 0.3) is 0 Å². The molecule has 0 saturated heterocycles. The van der Waals surface area contributed by atoms with E-state index in [4.69, 9.17) is 11.6 Å². The van der Waals surface area contributed by atoms with Crippen molar-refractivity contribution >= 4 is 28.8 Å². The molecular weight excluding hydrogens is 358 g/mol. The van der Waals surface area contributed by atoms with Gasteiger partial charge >= 0.3 is 0 Å². The molecule has 130 valence electrons. The summed E-state index contributed by atoms with van der Waals surface area (Å²) in [6.07, 6.45) is 2.02. The van der Waals surface area contributed by atoms with Crippen LogP contribution < -0.4 is 0 Å². The fourth-order valence-corrected chi connectivity index (χ4v) is 3.73. The van der Waals surface area contributed by atoms with Gasteiger partial charge in [-0.05, 0) is 35.0 Å². The Kier molecular flexibility index (Phi) is 5.78. The zero-order valence-electron chi connectivity index (χ0n) is 13.7. The van der Waals surface area contributed by atoms with Gasteiger partial charge in [-0.3, -0.25) is 4.79 Å². The molecule has 0 N–H and O–H groups in total. The number of halogens is 1. The number of nitrogens with zero attached hydrogens (tertiary/aromatic N) is 5. The first-order valence-electron chi connectivity index (χ1n) is 7.96. The number of hydrogen-bond acceptors (Lipinski definition) is 5. The molecule has 1 amide bonds. The van der Waals surface area contributed by atoms with E-state index >= 15 is 0 Å². The maximum Gasteiger partial charge on any atom is 0.248 e. The molecule has 0 aliphatic carbocycles. The van der Waals surface area contributed by atoms with Crippen LogP contribution in [0, 0.1) is 0 Å². The van der Waals surface area contributed by atoms with E-state index in [9.17, 15) is 4.79 Å². The number of tetrazole rings is 1. The fourth-order valence-electron chi connectivity index (χ4n) is 2.62. The number of amides is 1. The number of likely N-dealkylation sites (N-methyl/N-ethyl adjacent to an activating group) is 1. The molecule has 0 aliphatic heterocycles. The highest BCUT2D eigenvalue weighted by Gasteiger charge is 2.27. The Balaban J connectivity index is 1.82. The van der Waals surface area contributed by atoms with E-state index in [1.165, 1.54) is 22.3 Å². The van der Waals surface area contributed by atoms with Gasteiger partial charge in [-0.2, -0.15) is 0 Å². The fraction of sp³-hybridized carbons (Fsp3) is 0.294. The Morgan fingerprint density at radius 2 is 2.08 bits per heavy atom. The monoisotopic (exact) mass is 375 g/mol. The van der Waals surface area contributed by atoms with Crippen molar-refractivity contribution in [1.82, 2.24) is 25.1 Å². The molecule has 1 unspecified atom stereocenters. The molecular formula is C17H18ClN5OS. The van der Waals surface area contributed by atoms with E-state index in [1.54, 1.807) is 4.90 Å². The lowest BCUT2D eigenvalue weighted by Gasteiger charge is -2.25. The molecule has 3 rings (SSSR count). The summed E-state index contributed by atoms with van der Waals surface area (Å²) in [5.74, 6) is -0.0109. The molecule has 8 heteroatoms. The Bertz CT molecular complexity index is 806. The van der Waals surface area contributed by atoms with Crippen LogP contribution in [0.2, 0.25) is 4.34 Å². The van der Waals surface area contributed by atoms with Crippen molar-refractivity contribution in [3.8, 4) is 0 Å². The predicted molar refractivity (Wildman–Crippen MR) is 97.4 cm³/mol.